The van der Waals surface area contributed by atoms with Gasteiger partial charge in [0, 0.05) is 26.3 Å². The molecule has 2 heterocycles. The molecule has 1 aliphatic carbocycles. The SMILES string of the molecule is CNC(=O)C1(c2ccccn2)CCCN(C(=O)C2(c3ccc(OC)cc3)CCCC2)C1. The van der Waals surface area contributed by atoms with Crippen molar-refractivity contribution in [1.82, 2.24) is 15.2 Å². The minimum atomic E-state index is -0.816. The van der Waals surface area contributed by atoms with E-state index in [4.69, 9.17) is 4.74 Å². The number of aromatic nitrogens is 1. The van der Waals surface area contributed by atoms with Gasteiger partial charge >= 0.3 is 0 Å². The van der Waals surface area contributed by atoms with Gasteiger partial charge in [0.2, 0.25) is 11.8 Å². The molecule has 6 heteroatoms. The van der Waals surface area contributed by atoms with Crippen LogP contribution in [0.3, 0.4) is 0 Å². The summed E-state index contributed by atoms with van der Waals surface area (Å²) in [5, 5.41) is 2.83. The molecule has 0 radical (unpaired) electrons. The fourth-order valence-corrected chi connectivity index (χ4v) is 5.44. The number of amides is 2. The number of nitrogens with one attached hydrogen (secondary N) is 1. The summed E-state index contributed by atoms with van der Waals surface area (Å²) < 4.78 is 5.31. The third-order valence-electron chi connectivity index (χ3n) is 7.11. The summed E-state index contributed by atoms with van der Waals surface area (Å²) in [6.45, 7) is 1.03. The Morgan fingerprint density at radius 1 is 1.00 bits per heavy atom. The fraction of sp³-hybridized carbons (Fsp3) is 0.480. The van der Waals surface area contributed by atoms with Crippen LogP contribution in [-0.4, -0.2) is 48.9 Å². The molecule has 1 aromatic heterocycles. The molecule has 2 aliphatic rings. The van der Waals surface area contributed by atoms with Crippen molar-refractivity contribution in [2.45, 2.75) is 49.4 Å². The second kappa shape index (κ2) is 8.69. The van der Waals surface area contributed by atoms with Gasteiger partial charge in [-0.05, 0) is 55.5 Å². The Hall–Kier alpha value is -2.89. The molecular weight excluding hydrogens is 390 g/mol. The van der Waals surface area contributed by atoms with Crippen molar-refractivity contribution in [2.75, 3.05) is 27.2 Å². The molecule has 2 fully saturated rings. The third-order valence-corrected chi connectivity index (χ3v) is 7.11. The highest BCUT2D eigenvalue weighted by Crippen LogP contribution is 2.44. The van der Waals surface area contributed by atoms with Crippen LogP contribution in [0.15, 0.2) is 48.7 Å². The zero-order valence-corrected chi connectivity index (χ0v) is 18.4. The zero-order chi connectivity index (χ0) is 21.9. The number of carbonyl (C=O) groups excluding carboxylic acids is 2. The van der Waals surface area contributed by atoms with E-state index in [1.807, 2.05) is 47.4 Å². The van der Waals surface area contributed by atoms with Crippen LogP contribution in [0.5, 0.6) is 5.75 Å². The number of methoxy groups -OCH3 is 1. The number of benzene rings is 1. The van der Waals surface area contributed by atoms with Gasteiger partial charge in [0.15, 0.2) is 0 Å². The van der Waals surface area contributed by atoms with Crippen LogP contribution in [0, 0.1) is 0 Å². The fourth-order valence-electron chi connectivity index (χ4n) is 5.44. The lowest BCUT2D eigenvalue weighted by Gasteiger charge is -2.44. The second-order valence-corrected chi connectivity index (χ2v) is 8.72. The molecule has 1 saturated carbocycles. The van der Waals surface area contributed by atoms with Crippen LogP contribution < -0.4 is 10.1 Å². The third kappa shape index (κ3) is 3.68. The molecule has 1 saturated heterocycles. The summed E-state index contributed by atoms with van der Waals surface area (Å²) in [4.78, 5) is 33.6. The number of pyridine rings is 1. The Labute approximate surface area is 184 Å². The molecule has 1 aliphatic heterocycles. The number of hydrogen-bond donors (Lipinski definition) is 1. The number of likely N-dealkylation sites (N-methyl/N-ethyl adjacent to an activating group) is 1. The lowest BCUT2D eigenvalue weighted by molar-refractivity contribution is -0.142. The van der Waals surface area contributed by atoms with Gasteiger partial charge in [-0.25, -0.2) is 0 Å². The molecule has 1 aromatic carbocycles. The van der Waals surface area contributed by atoms with Crippen molar-refractivity contribution >= 4 is 11.8 Å². The Bertz CT molecular complexity index is 923. The van der Waals surface area contributed by atoms with Crippen molar-refractivity contribution in [3.05, 3.63) is 59.9 Å². The Balaban J connectivity index is 1.68. The lowest BCUT2D eigenvalue weighted by atomic mass is 9.73. The van der Waals surface area contributed by atoms with E-state index in [1.54, 1.807) is 20.4 Å². The molecule has 0 bridgehead atoms. The number of ether oxygens (including phenoxy) is 1. The molecule has 4 rings (SSSR count). The van der Waals surface area contributed by atoms with Gasteiger partial charge in [0.1, 0.15) is 11.2 Å². The van der Waals surface area contributed by atoms with E-state index in [-0.39, 0.29) is 11.8 Å². The van der Waals surface area contributed by atoms with E-state index in [9.17, 15) is 9.59 Å². The predicted octanol–water partition coefficient (Wildman–Crippen LogP) is 3.21. The molecule has 31 heavy (non-hydrogen) atoms. The molecule has 164 valence electrons. The normalized spacial score (nSPS) is 22.7. The summed E-state index contributed by atoms with van der Waals surface area (Å²) >= 11 is 0. The second-order valence-electron chi connectivity index (χ2n) is 8.72. The molecule has 1 atom stereocenters. The molecule has 2 aromatic rings. The van der Waals surface area contributed by atoms with E-state index >= 15 is 0 Å². The number of carbonyl (C=O) groups is 2. The summed E-state index contributed by atoms with van der Waals surface area (Å²) in [7, 11) is 3.30. The van der Waals surface area contributed by atoms with Gasteiger partial charge in [-0.3, -0.25) is 14.6 Å². The number of likely N-dealkylation sites (tertiary alicyclic amines) is 1. The first-order valence-corrected chi connectivity index (χ1v) is 11.1. The van der Waals surface area contributed by atoms with E-state index in [1.165, 1.54) is 0 Å². The molecule has 0 spiro atoms. The average Bonchev–Trinajstić information content (AvgIpc) is 3.35. The molecule has 1 N–H and O–H groups in total. The highest BCUT2D eigenvalue weighted by atomic mass is 16.5. The minimum absolute atomic E-state index is 0.0754. The summed E-state index contributed by atoms with van der Waals surface area (Å²) in [5.41, 5.74) is 0.438. The molecule has 6 nitrogen and oxygen atoms in total. The van der Waals surface area contributed by atoms with Crippen LogP contribution in [0.25, 0.3) is 0 Å². The van der Waals surface area contributed by atoms with Gasteiger partial charge in [-0.1, -0.05) is 31.0 Å². The first-order chi connectivity index (χ1) is 15.1. The predicted molar refractivity (Wildman–Crippen MR) is 119 cm³/mol. The largest absolute Gasteiger partial charge is 0.497 e. The summed E-state index contributed by atoms with van der Waals surface area (Å²) in [5.74, 6) is 0.851. The van der Waals surface area contributed by atoms with Crippen LogP contribution in [-0.2, 0) is 20.4 Å². The first-order valence-electron chi connectivity index (χ1n) is 11.1. The Morgan fingerprint density at radius 3 is 2.32 bits per heavy atom. The molecule has 2 amide bonds. The van der Waals surface area contributed by atoms with Crippen molar-refractivity contribution < 1.29 is 14.3 Å². The van der Waals surface area contributed by atoms with Crippen molar-refractivity contribution in [3.63, 3.8) is 0 Å². The maximum absolute atomic E-state index is 14.0. The number of rotatable bonds is 5. The Kier molecular flexibility index (Phi) is 5.99. The number of nitrogens with zero attached hydrogens (tertiary/aromatic N) is 2. The van der Waals surface area contributed by atoms with Crippen LogP contribution >= 0.6 is 0 Å². The topological polar surface area (TPSA) is 71.5 Å². The molecule has 1 unspecified atom stereocenters. The van der Waals surface area contributed by atoms with Gasteiger partial charge < -0.3 is 15.0 Å². The smallest absolute Gasteiger partial charge is 0.233 e. The van der Waals surface area contributed by atoms with Crippen LogP contribution in [0.2, 0.25) is 0 Å². The van der Waals surface area contributed by atoms with Gasteiger partial charge in [-0.15, -0.1) is 0 Å². The monoisotopic (exact) mass is 421 g/mol. The molecular formula is C25H31N3O3. The highest BCUT2D eigenvalue weighted by Gasteiger charge is 2.50. The van der Waals surface area contributed by atoms with E-state index in [0.29, 0.717) is 19.5 Å². The van der Waals surface area contributed by atoms with Crippen LogP contribution in [0.1, 0.15) is 49.8 Å². The minimum Gasteiger partial charge on any atom is -0.497 e. The van der Waals surface area contributed by atoms with E-state index in [0.717, 1.165) is 49.1 Å². The standard InChI is InChI=1S/C25H31N3O3/c1-26-22(29)25(21-8-3-6-16-27-21)15-7-17-28(18-25)23(30)24(13-4-5-14-24)19-9-11-20(31-2)12-10-19/h3,6,8-12,16H,4-5,7,13-15,17-18H2,1-2H3,(H,26,29). The quantitative estimate of drug-likeness (QED) is 0.805. The maximum atomic E-state index is 14.0. The van der Waals surface area contributed by atoms with Crippen molar-refractivity contribution in [1.29, 1.82) is 0 Å². The number of piperidine rings is 1. The van der Waals surface area contributed by atoms with E-state index in [2.05, 4.69) is 10.3 Å². The van der Waals surface area contributed by atoms with Crippen molar-refractivity contribution in [2.24, 2.45) is 0 Å². The summed E-state index contributed by atoms with van der Waals surface area (Å²) in [6, 6.07) is 13.6. The lowest BCUT2D eigenvalue weighted by Crippen LogP contribution is -2.58. The highest BCUT2D eigenvalue weighted by molar-refractivity contribution is 5.92. The summed E-state index contributed by atoms with van der Waals surface area (Å²) in [6.07, 6.45) is 6.92. The van der Waals surface area contributed by atoms with Crippen molar-refractivity contribution in [3.8, 4) is 5.75 Å². The van der Waals surface area contributed by atoms with Gasteiger partial charge in [-0.2, -0.15) is 0 Å². The zero-order valence-electron chi connectivity index (χ0n) is 18.4. The maximum Gasteiger partial charge on any atom is 0.233 e. The van der Waals surface area contributed by atoms with Gasteiger partial charge in [0.05, 0.1) is 18.2 Å². The van der Waals surface area contributed by atoms with Crippen LogP contribution in [0.4, 0.5) is 0 Å². The Morgan fingerprint density at radius 2 is 1.71 bits per heavy atom. The first kappa shape index (κ1) is 21.3. The van der Waals surface area contributed by atoms with Gasteiger partial charge in [0.25, 0.3) is 0 Å². The average molecular weight is 422 g/mol. The number of hydrogen-bond acceptors (Lipinski definition) is 4. The van der Waals surface area contributed by atoms with E-state index < -0.39 is 10.8 Å².